The molecule has 0 heterocycles. The Hall–Kier alpha value is -1.07. The number of thioether (sulfide) groups is 1. The molecule has 1 aromatic rings. The highest BCUT2D eigenvalue weighted by Gasteiger charge is 2.06. The van der Waals surface area contributed by atoms with Crippen LogP contribution in [0.3, 0.4) is 0 Å². The summed E-state index contributed by atoms with van der Waals surface area (Å²) in [5.41, 5.74) is 0.504. The van der Waals surface area contributed by atoms with Gasteiger partial charge in [-0.05, 0) is 49.7 Å². The highest BCUT2D eigenvalue weighted by atomic mass is 32.2. The van der Waals surface area contributed by atoms with Gasteiger partial charge in [0.2, 0.25) is 4.38 Å². The number of hydrogen-bond acceptors (Lipinski definition) is 5. The normalized spacial score (nSPS) is 9.62. The van der Waals surface area contributed by atoms with E-state index >= 15 is 0 Å². The number of thiocarbonyl (C=S) groups is 1. The highest BCUT2D eigenvalue weighted by Crippen LogP contribution is 2.15. The van der Waals surface area contributed by atoms with Crippen LogP contribution < -0.4 is 4.74 Å². The first-order valence-corrected chi connectivity index (χ1v) is 6.33. The third-order valence-corrected chi connectivity index (χ3v) is 2.73. The van der Waals surface area contributed by atoms with E-state index in [-0.39, 0.29) is 5.97 Å². The molecule has 0 aliphatic carbocycles. The molecule has 0 radical (unpaired) electrons. The number of benzene rings is 1. The summed E-state index contributed by atoms with van der Waals surface area (Å²) in [5.74, 6) is 0.286. The number of rotatable bonds is 3. The molecule has 3 nitrogen and oxygen atoms in total. The van der Waals surface area contributed by atoms with Gasteiger partial charge in [0.25, 0.3) is 0 Å². The third kappa shape index (κ3) is 3.83. The molecule has 0 aliphatic rings. The van der Waals surface area contributed by atoms with Crippen molar-refractivity contribution in [1.82, 2.24) is 0 Å². The lowest BCUT2D eigenvalue weighted by Crippen LogP contribution is -2.04. The molecule has 0 N–H and O–H groups in total. The van der Waals surface area contributed by atoms with Crippen molar-refractivity contribution in [3.63, 3.8) is 0 Å². The van der Waals surface area contributed by atoms with Crippen molar-refractivity contribution in [3.05, 3.63) is 29.8 Å². The van der Waals surface area contributed by atoms with E-state index in [4.69, 9.17) is 21.7 Å². The van der Waals surface area contributed by atoms with Crippen LogP contribution in [0.5, 0.6) is 5.75 Å². The van der Waals surface area contributed by atoms with Crippen LogP contribution in [0.1, 0.15) is 17.3 Å². The quantitative estimate of drug-likeness (QED) is 0.614. The van der Waals surface area contributed by atoms with Crippen LogP contribution in [0.25, 0.3) is 0 Å². The van der Waals surface area contributed by atoms with E-state index < -0.39 is 0 Å². The topological polar surface area (TPSA) is 35.5 Å². The summed E-state index contributed by atoms with van der Waals surface area (Å²) in [5, 5.41) is 0. The minimum Gasteiger partial charge on any atom is -0.462 e. The van der Waals surface area contributed by atoms with E-state index in [2.05, 4.69) is 0 Å². The minimum atomic E-state index is -0.332. The van der Waals surface area contributed by atoms with Crippen LogP contribution in [0.15, 0.2) is 24.3 Å². The smallest absolute Gasteiger partial charge is 0.338 e. The van der Waals surface area contributed by atoms with E-state index in [9.17, 15) is 4.79 Å². The van der Waals surface area contributed by atoms with Crippen LogP contribution in [0.4, 0.5) is 0 Å². The highest BCUT2D eigenvalue weighted by molar-refractivity contribution is 8.22. The summed E-state index contributed by atoms with van der Waals surface area (Å²) in [6.07, 6.45) is 1.84. The molecule has 0 aliphatic heterocycles. The van der Waals surface area contributed by atoms with Gasteiger partial charge in [0.1, 0.15) is 5.75 Å². The second-order valence-electron chi connectivity index (χ2n) is 2.80. The zero-order chi connectivity index (χ0) is 12.0. The summed E-state index contributed by atoms with van der Waals surface area (Å²) in [7, 11) is 0. The summed E-state index contributed by atoms with van der Waals surface area (Å²) in [4.78, 5) is 11.3. The second kappa shape index (κ2) is 6.50. The molecular formula is C11H12O3S2. The lowest BCUT2D eigenvalue weighted by atomic mass is 10.2. The Bertz CT molecular complexity index is 373. The number of carbonyl (C=O) groups is 1. The van der Waals surface area contributed by atoms with E-state index in [1.807, 2.05) is 6.26 Å². The van der Waals surface area contributed by atoms with Gasteiger partial charge in [0, 0.05) is 0 Å². The largest absolute Gasteiger partial charge is 0.462 e. The fourth-order valence-corrected chi connectivity index (χ4v) is 1.29. The van der Waals surface area contributed by atoms with E-state index in [1.54, 1.807) is 31.2 Å². The van der Waals surface area contributed by atoms with Gasteiger partial charge in [-0.15, -0.1) is 0 Å². The Labute approximate surface area is 104 Å². The summed E-state index contributed by atoms with van der Waals surface area (Å²) in [6.45, 7) is 2.14. The maximum atomic E-state index is 11.3. The summed E-state index contributed by atoms with van der Waals surface area (Å²) in [6, 6.07) is 6.68. The summed E-state index contributed by atoms with van der Waals surface area (Å²) < 4.78 is 10.6. The lowest BCUT2D eigenvalue weighted by Gasteiger charge is -2.05. The Kier molecular flexibility index (Phi) is 5.28. The number of carbonyl (C=O) groups excluding carboxylic acids is 1. The first-order chi connectivity index (χ1) is 7.67. The van der Waals surface area contributed by atoms with Crippen molar-refractivity contribution in [3.8, 4) is 5.75 Å². The molecule has 0 saturated heterocycles. The van der Waals surface area contributed by atoms with Gasteiger partial charge >= 0.3 is 5.97 Å². The van der Waals surface area contributed by atoms with Gasteiger partial charge in [-0.1, -0.05) is 11.8 Å². The molecule has 0 unspecified atom stereocenters. The number of esters is 1. The predicted molar refractivity (Wildman–Crippen MR) is 69.1 cm³/mol. The number of hydrogen-bond donors (Lipinski definition) is 0. The maximum absolute atomic E-state index is 11.3. The Morgan fingerprint density at radius 2 is 2.00 bits per heavy atom. The van der Waals surface area contributed by atoms with Crippen molar-refractivity contribution < 1.29 is 14.3 Å². The van der Waals surface area contributed by atoms with Gasteiger partial charge in [0.05, 0.1) is 12.2 Å². The van der Waals surface area contributed by atoms with Gasteiger partial charge in [-0.25, -0.2) is 4.79 Å². The molecule has 0 saturated carbocycles. The van der Waals surface area contributed by atoms with Crippen LogP contribution >= 0.6 is 24.0 Å². The van der Waals surface area contributed by atoms with Crippen LogP contribution in [-0.2, 0) is 4.74 Å². The van der Waals surface area contributed by atoms with Gasteiger partial charge in [-0.2, -0.15) is 0 Å². The second-order valence-corrected chi connectivity index (χ2v) is 4.21. The molecule has 0 fully saturated rings. The molecule has 0 spiro atoms. The summed E-state index contributed by atoms with van der Waals surface area (Å²) >= 11 is 6.27. The average molecular weight is 256 g/mol. The lowest BCUT2D eigenvalue weighted by molar-refractivity contribution is 0.0526. The average Bonchev–Trinajstić information content (AvgIpc) is 2.30. The Morgan fingerprint density at radius 1 is 1.38 bits per heavy atom. The van der Waals surface area contributed by atoms with E-state index in [0.29, 0.717) is 22.3 Å². The Morgan fingerprint density at radius 3 is 2.50 bits per heavy atom. The fraction of sp³-hybridized carbons (Fsp3) is 0.273. The van der Waals surface area contributed by atoms with Gasteiger partial charge in [0.15, 0.2) is 0 Å². The molecule has 5 heteroatoms. The number of ether oxygens (including phenoxy) is 2. The molecule has 0 bridgehead atoms. The molecule has 1 rings (SSSR count). The van der Waals surface area contributed by atoms with Crippen LogP contribution in [0.2, 0.25) is 0 Å². The monoisotopic (exact) mass is 256 g/mol. The van der Waals surface area contributed by atoms with Crippen molar-refractivity contribution in [2.24, 2.45) is 0 Å². The molecule has 0 aromatic heterocycles. The molecule has 1 aromatic carbocycles. The van der Waals surface area contributed by atoms with Gasteiger partial charge < -0.3 is 9.47 Å². The van der Waals surface area contributed by atoms with Crippen molar-refractivity contribution in [1.29, 1.82) is 0 Å². The SMILES string of the molecule is CCOC(=O)c1ccc(OC(=S)SC)cc1. The van der Waals surface area contributed by atoms with Crippen LogP contribution in [-0.4, -0.2) is 23.2 Å². The van der Waals surface area contributed by atoms with Crippen LogP contribution in [0, 0.1) is 0 Å². The Balaban J connectivity index is 2.67. The minimum absolute atomic E-state index is 0.332. The predicted octanol–water partition coefficient (Wildman–Crippen LogP) is 2.89. The third-order valence-electron chi connectivity index (χ3n) is 1.73. The van der Waals surface area contributed by atoms with E-state index in [0.717, 1.165) is 0 Å². The first kappa shape index (κ1) is 13.0. The molecule has 0 atom stereocenters. The molecule has 86 valence electrons. The van der Waals surface area contributed by atoms with Crippen molar-refractivity contribution in [2.45, 2.75) is 6.92 Å². The zero-order valence-corrected chi connectivity index (χ0v) is 10.7. The first-order valence-electron chi connectivity index (χ1n) is 4.70. The molecule has 16 heavy (non-hydrogen) atoms. The van der Waals surface area contributed by atoms with Crippen molar-refractivity contribution in [2.75, 3.05) is 12.9 Å². The van der Waals surface area contributed by atoms with E-state index in [1.165, 1.54) is 11.8 Å². The zero-order valence-electron chi connectivity index (χ0n) is 9.06. The maximum Gasteiger partial charge on any atom is 0.338 e. The standard InChI is InChI=1S/C11H12O3S2/c1-3-13-10(12)8-4-6-9(7-5-8)14-11(15)16-2/h4-7H,3H2,1-2H3. The molecular weight excluding hydrogens is 244 g/mol. The molecule has 0 amide bonds. The van der Waals surface area contributed by atoms with Gasteiger partial charge in [-0.3, -0.25) is 0 Å². The fourth-order valence-electron chi connectivity index (χ4n) is 1.01. The van der Waals surface area contributed by atoms with Crippen molar-refractivity contribution >= 4 is 34.3 Å².